The lowest BCUT2D eigenvalue weighted by atomic mass is 9.90. The van der Waals surface area contributed by atoms with Crippen LogP contribution in [0.5, 0.6) is 17.2 Å². The fourth-order valence-corrected chi connectivity index (χ4v) is 8.82. The number of thiophene rings is 1. The van der Waals surface area contributed by atoms with Gasteiger partial charge >= 0.3 is 0 Å². The normalized spacial score (nSPS) is 21.3. The standard InChI is InChI=1S/C39H48N2O3S/c1-42-33-19-20-38-34(28-33)35(39(45-38)30-13-17-31(18-14-30)43-26-25-40-21-7-8-22-40)27-29-11-15-32(16-12-29)44-37-10-4-3-9-36(37)41-23-5-2-6-24-41/h11-20,28,36-37H,2-10,21-27H2,1H3/t36-,37-/m0/s1. The van der Waals surface area contributed by atoms with E-state index in [9.17, 15) is 0 Å². The first-order valence-corrected chi connectivity index (χ1v) is 18.1. The van der Waals surface area contributed by atoms with Gasteiger partial charge in [-0.2, -0.15) is 0 Å². The van der Waals surface area contributed by atoms with Crippen molar-refractivity contribution in [1.82, 2.24) is 9.80 Å². The minimum absolute atomic E-state index is 0.301. The van der Waals surface area contributed by atoms with E-state index in [0.717, 1.165) is 43.2 Å². The van der Waals surface area contributed by atoms with E-state index < -0.39 is 0 Å². The lowest BCUT2D eigenvalue weighted by Crippen LogP contribution is -2.49. The van der Waals surface area contributed by atoms with Gasteiger partial charge in [-0.3, -0.25) is 9.80 Å². The second kappa shape index (κ2) is 14.6. The molecule has 0 bridgehead atoms. The molecule has 0 amide bonds. The molecular weight excluding hydrogens is 577 g/mol. The first-order valence-electron chi connectivity index (χ1n) is 17.3. The van der Waals surface area contributed by atoms with Crippen molar-refractivity contribution in [3.63, 3.8) is 0 Å². The van der Waals surface area contributed by atoms with Gasteiger partial charge in [0, 0.05) is 27.5 Å². The van der Waals surface area contributed by atoms with Crippen molar-refractivity contribution in [1.29, 1.82) is 0 Å². The Morgan fingerprint density at radius 2 is 1.44 bits per heavy atom. The van der Waals surface area contributed by atoms with E-state index >= 15 is 0 Å². The van der Waals surface area contributed by atoms with E-state index in [1.165, 1.54) is 109 Å². The maximum Gasteiger partial charge on any atom is 0.119 e. The van der Waals surface area contributed by atoms with Crippen LogP contribution in [-0.4, -0.2) is 68.4 Å². The van der Waals surface area contributed by atoms with Crippen LogP contribution in [0.3, 0.4) is 0 Å². The monoisotopic (exact) mass is 624 g/mol. The Bertz CT molecular complexity index is 1520. The zero-order valence-electron chi connectivity index (χ0n) is 26.8. The molecular formula is C39H48N2O3S. The van der Waals surface area contributed by atoms with Crippen molar-refractivity contribution >= 4 is 21.4 Å². The van der Waals surface area contributed by atoms with Crippen molar-refractivity contribution in [2.75, 3.05) is 46.4 Å². The van der Waals surface area contributed by atoms with Gasteiger partial charge in [0.25, 0.3) is 0 Å². The number of ether oxygens (including phenoxy) is 3. The second-order valence-electron chi connectivity index (χ2n) is 13.1. The summed E-state index contributed by atoms with van der Waals surface area (Å²) in [6.07, 6.45) is 12.9. The third kappa shape index (κ3) is 7.34. The zero-order valence-corrected chi connectivity index (χ0v) is 27.7. The minimum Gasteiger partial charge on any atom is -0.497 e. The molecule has 3 aromatic carbocycles. The Balaban J connectivity index is 1.08. The number of fused-ring (bicyclic) bond motifs is 1. The summed E-state index contributed by atoms with van der Waals surface area (Å²) in [5.74, 6) is 2.85. The van der Waals surface area contributed by atoms with Crippen LogP contribution < -0.4 is 14.2 Å². The number of methoxy groups -OCH3 is 1. The average Bonchev–Trinajstić information content (AvgIpc) is 3.74. The van der Waals surface area contributed by atoms with Gasteiger partial charge in [0.1, 0.15) is 30.0 Å². The van der Waals surface area contributed by atoms with E-state index in [1.54, 1.807) is 7.11 Å². The summed E-state index contributed by atoms with van der Waals surface area (Å²) in [5.41, 5.74) is 3.88. The number of likely N-dealkylation sites (tertiary alicyclic amines) is 2. The van der Waals surface area contributed by atoms with Gasteiger partial charge in [0.05, 0.1) is 7.11 Å². The van der Waals surface area contributed by atoms with E-state index in [1.807, 2.05) is 11.3 Å². The molecule has 1 aliphatic carbocycles. The third-order valence-corrected chi connectivity index (χ3v) is 11.4. The fourth-order valence-electron chi connectivity index (χ4n) is 7.61. The van der Waals surface area contributed by atoms with Gasteiger partial charge in [-0.25, -0.2) is 0 Å². The van der Waals surface area contributed by atoms with Crippen LogP contribution >= 0.6 is 11.3 Å². The quantitative estimate of drug-likeness (QED) is 0.167. The molecule has 0 spiro atoms. The van der Waals surface area contributed by atoms with Crippen LogP contribution in [-0.2, 0) is 6.42 Å². The molecule has 0 unspecified atom stereocenters. The first-order chi connectivity index (χ1) is 22.2. The highest BCUT2D eigenvalue weighted by Gasteiger charge is 2.32. The summed E-state index contributed by atoms with van der Waals surface area (Å²) < 4.78 is 19.7. The number of rotatable bonds is 11. The zero-order chi connectivity index (χ0) is 30.4. The number of nitrogens with zero attached hydrogens (tertiary/aromatic N) is 2. The van der Waals surface area contributed by atoms with Gasteiger partial charge in [0.2, 0.25) is 0 Å². The van der Waals surface area contributed by atoms with Crippen molar-refractivity contribution in [2.24, 2.45) is 0 Å². The molecule has 0 radical (unpaired) electrons. The largest absolute Gasteiger partial charge is 0.497 e. The summed E-state index contributed by atoms with van der Waals surface area (Å²) >= 11 is 1.86. The van der Waals surface area contributed by atoms with Gasteiger partial charge in [0.15, 0.2) is 0 Å². The molecule has 6 heteroatoms. The molecule has 2 saturated heterocycles. The molecule has 3 heterocycles. The molecule has 2 atom stereocenters. The Labute approximate surface area is 273 Å². The van der Waals surface area contributed by atoms with Crippen LogP contribution in [0.2, 0.25) is 0 Å². The van der Waals surface area contributed by atoms with Crippen LogP contribution in [0.15, 0.2) is 66.7 Å². The summed E-state index contributed by atoms with van der Waals surface area (Å²) in [6, 6.07) is 24.6. The lowest BCUT2D eigenvalue weighted by molar-refractivity contribution is 0.0261. The van der Waals surface area contributed by atoms with Gasteiger partial charge < -0.3 is 14.2 Å². The van der Waals surface area contributed by atoms with Gasteiger partial charge in [-0.15, -0.1) is 11.3 Å². The molecule has 3 fully saturated rings. The number of piperidine rings is 1. The Kier molecular flexibility index (Phi) is 9.91. The topological polar surface area (TPSA) is 34.2 Å². The third-order valence-electron chi connectivity index (χ3n) is 10.1. The Morgan fingerprint density at radius 3 is 2.22 bits per heavy atom. The molecule has 238 valence electrons. The molecule has 2 aliphatic heterocycles. The molecule has 45 heavy (non-hydrogen) atoms. The van der Waals surface area contributed by atoms with E-state index in [2.05, 4.69) is 76.5 Å². The van der Waals surface area contributed by atoms with E-state index in [0.29, 0.717) is 12.1 Å². The van der Waals surface area contributed by atoms with Gasteiger partial charge in [-0.1, -0.05) is 25.0 Å². The van der Waals surface area contributed by atoms with Crippen molar-refractivity contribution in [2.45, 2.75) is 76.4 Å². The lowest BCUT2D eigenvalue weighted by Gasteiger charge is -2.41. The van der Waals surface area contributed by atoms with Crippen LogP contribution in [0, 0.1) is 0 Å². The molecule has 1 saturated carbocycles. The van der Waals surface area contributed by atoms with E-state index in [-0.39, 0.29) is 0 Å². The highest BCUT2D eigenvalue weighted by molar-refractivity contribution is 7.22. The van der Waals surface area contributed by atoms with Gasteiger partial charge in [-0.05, 0) is 149 Å². The summed E-state index contributed by atoms with van der Waals surface area (Å²) in [7, 11) is 1.75. The molecule has 3 aliphatic rings. The highest BCUT2D eigenvalue weighted by atomic mass is 32.1. The smallest absolute Gasteiger partial charge is 0.119 e. The maximum absolute atomic E-state index is 6.70. The Hall–Kier alpha value is -3.06. The fraction of sp³-hybridized carbons (Fsp3) is 0.487. The predicted molar refractivity (Wildman–Crippen MR) is 186 cm³/mol. The Morgan fingerprint density at radius 1 is 0.733 bits per heavy atom. The number of benzene rings is 3. The summed E-state index contributed by atoms with van der Waals surface area (Å²) in [4.78, 5) is 6.52. The number of hydrogen-bond acceptors (Lipinski definition) is 6. The maximum atomic E-state index is 6.70. The molecule has 4 aromatic rings. The summed E-state index contributed by atoms with van der Waals surface area (Å²) in [5, 5.41) is 1.27. The second-order valence-corrected chi connectivity index (χ2v) is 14.2. The van der Waals surface area contributed by atoms with Crippen molar-refractivity contribution in [3.8, 4) is 27.7 Å². The minimum atomic E-state index is 0.301. The average molecular weight is 625 g/mol. The van der Waals surface area contributed by atoms with Crippen molar-refractivity contribution < 1.29 is 14.2 Å². The predicted octanol–water partition coefficient (Wildman–Crippen LogP) is 8.82. The van der Waals surface area contributed by atoms with Crippen LogP contribution in [0.25, 0.3) is 20.5 Å². The molecule has 7 rings (SSSR count). The summed E-state index contributed by atoms with van der Waals surface area (Å²) in [6.45, 7) is 6.63. The number of hydrogen-bond donors (Lipinski definition) is 0. The SMILES string of the molecule is COc1ccc2sc(-c3ccc(OCCN4CCCC4)cc3)c(Cc3ccc(O[C@H]4CCCC[C@@H]4N4CCCCC4)cc3)c2c1. The highest BCUT2D eigenvalue weighted by Crippen LogP contribution is 2.42. The molecule has 5 nitrogen and oxygen atoms in total. The van der Waals surface area contributed by atoms with Crippen molar-refractivity contribution in [3.05, 3.63) is 77.9 Å². The molecule has 0 N–H and O–H groups in total. The first kappa shape index (κ1) is 30.6. The van der Waals surface area contributed by atoms with Crippen LogP contribution in [0.4, 0.5) is 0 Å². The molecule has 1 aromatic heterocycles. The van der Waals surface area contributed by atoms with Crippen LogP contribution in [0.1, 0.15) is 68.9 Å². The van der Waals surface area contributed by atoms with E-state index in [4.69, 9.17) is 14.2 Å².